The molecule has 0 aliphatic carbocycles. The van der Waals surface area contributed by atoms with E-state index in [4.69, 9.17) is 13.9 Å². The standard InChI is InChI=1S/C59H37NO3/c1-2-15-38(16-3-1)43-18-4-5-19-44(43)39-29-32-41(33-30-39)60(51-24-14-17-40-31-35-46-45-20-6-10-25-52(45)63-58(46)57(40)51)42-34-36-50-56(37-42)62-55-28-13-9-23-49(55)59(50)47-21-7-11-26-53(47)61-54-27-12-8-22-48(54)59/h1-37H. The highest BCUT2D eigenvalue weighted by atomic mass is 16.5. The monoisotopic (exact) mass is 807 g/mol. The number of fused-ring (bicyclic) bond motifs is 13. The predicted octanol–water partition coefficient (Wildman–Crippen LogP) is 16.1. The van der Waals surface area contributed by atoms with E-state index >= 15 is 0 Å². The number of nitrogens with zero attached hydrogens (tertiary/aromatic N) is 1. The summed E-state index contributed by atoms with van der Waals surface area (Å²) in [6.45, 7) is 0. The molecule has 296 valence electrons. The summed E-state index contributed by atoms with van der Waals surface area (Å²) in [5.74, 6) is 3.27. The molecule has 0 bridgehead atoms. The number of hydrogen-bond donors (Lipinski definition) is 0. The second-order valence-electron chi connectivity index (χ2n) is 16.3. The first-order valence-corrected chi connectivity index (χ1v) is 21.4. The first-order chi connectivity index (χ1) is 31.2. The van der Waals surface area contributed by atoms with E-state index in [0.717, 1.165) is 101 Å². The van der Waals surface area contributed by atoms with Gasteiger partial charge >= 0.3 is 0 Å². The summed E-state index contributed by atoms with van der Waals surface area (Å²) in [5, 5.41) is 4.32. The zero-order valence-electron chi connectivity index (χ0n) is 34.0. The molecule has 0 atom stereocenters. The van der Waals surface area contributed by atoms with E-state index in [0.29, 0.717) is 0 Å². The highest BCUT2D eigenvalue weighted by molar-refractivity contribution is 6.19. The lowest BCUT2D eigenvalue weighted by molar-refractivity contribution is 0.399. The van der Waals surface area contributed by atoms with Gasteiger partial charge in [-0.1, -0.05) is 164 Å². The summed E-state index contributed by atoms with van der Waals surface area (Å²) in [7, 11) is 0. The maximum Gasteiger partial charge on any atom is 0.145 e. The number of benzene rings is 10. The van der Waals surface area contributed by atoms with E-state index < -0.39 is 5.41 Å². The number of para-hydroxylation sites is 4. The Balaban J connectivity index is 1.05. The van der Waals surface area contributed by atoms with Gasteiger partial charge in [0.25, 0.3) is 0 Å². The van der Waals surface area contributed by atoms with Crippen molar-refractivity contribution in [3.63, 3.8) is 0 Å². The third kappa shape index (κ3) is 5.28. The lowest BCUT2D eigenvalue weighted by Gasteiger charge is -2.45. The number of furan rings is 1. The molecular weight excluding hydrogens is 771 g/mol. The number of ether oxygens (including phenoxy) is 2. The van der Waals surface area contributed by atoms with Gasteiger partial charge in [-0.05, 0) is 82.2 Å². The molecule has 0 N–H and O–H groups in total. The van der Waals surface area contributed by atoms with Gasteiger partial charge < -0.3 is 18.8 Å². The SMILES string of the molecule is c1ccc(-c2ccccc2-c2ccc(N(c3ccc4c(c3)Oc3ccccc3C43c4ccccc4Oc4ccccc43)c3cccc4ccc5c6ccccc6oc5c34)cc2)cc1. The van der Waals surface area contributed by atoms with Crippen molar-refractivity contribution in [2.45, 2.75) is 5.41 Å². The maximum atomic E-state index is 7.04. The quantitative estimate of drug-likeness (QED) is 0.173. The van der Waals surface area contributed by atoms with Crippen molar-refractivity contribution in [1.82, 2.24) is 0 Å². The average Bonchev–Trinajstić information content (AvgIpc) is 3.74. The van der Waals surface area contributed by atoms with Crippen LogP contribution in [-0.4, -0.2) is 0 Å². The van der Waals surface area contributed by atoms with Gasteiger partial charge in [0.05, 0.1) is 11.1 Å². The topological polar surface area (TPSA) is 34.8 Å². The summed E-state index contributed by atoms with van der Waals surface area (Å²) >= 11 is 0. The second-order valence-corrected chi connectivity index (χ2v) is 16.3. The Bertz CT molecular complexity index is 3520. The fourth-order valence-corrected chi connectivity index (χ4v) is 10.3. The molecule has 4 heteroatoms. The zero-order chi connectivity index (χ0) is 41.5. The van der Waals surface area contributed by atoms with Gasteiger partial charge in [0.2, 0.25) is 0 Å². The molecule has 0 saturated carbocycles. The largest absolute Gasteiger partial charge is 0.457 e. The number of anilines is 3. The van der Waals surface area contributed by atoms with E-state index in [1.807, 2.05) is 18.2 Å². The Kier molecular flexibility index (Phi) is 7.79. The molecule has 2 aliphatic heterocycles. The van der Waals surface area contributed by atoms with Crippen LogP contribution in [0.5, 0.6) is 23.0 Å². The van der Waals surface area contributed by atoms with Crippen molar-refractivity contribution in [3.05, 3.63) is 247 Å². The molecule has 0 amide bonds. The first kappa shape index (κ1) is 35.4. The van der Waals surface area contributed by atoms with Crippen LogP contribution >= 0.6 is 0 Å². The van der Waals surface area contributed by atoms with Gasteiger partial charge in [-0.15, -0.1) is 0 Å². The molecular formula is C59H37NO3. The van der Waals surface area contributed by atoms with E-state index in [1.54, 1.807) is 0 Å². The van der Waals surface area contributed by atoms with Crippen molar-refractivity contribution < 1.29 is 13.9 Å². The Morgan fingerprint density at radius 3 is 1.62 bits per heavy atom. The minimum absolute atomic E-state index is 0.688. The minimum Gasteiger partial charge on any atom is -0.457 e. The summed E-state index contributed by atoms with van der Waals surface area (Å²) < 4.78 is 20.4. The molecule has 3 heterocycles. The smallest absolute Gasteiger partial charge is 0.145 e. The molecule has 1 spiro atoms. The van der Waals surface area contributed by atoms with Crippen LogP contribution in [0.4, 0.5) is 17.1 Å². The van der Waals surface area contributed by atoms with E-state index in [9.17, 15) is 0 Å². The van der Waals surface area contributed by atoms with Crippen molar-refractivity contribution >= 4 is 49.8 Å². The molecule has 0 fully saturated rings. The predicted molar refractivity (Wildman–Crippen MR) is 255 cm³/mol. The van der Waals surface area contributed by atoms with Crippen LogP contribution in [0.3, 0.4) is 0 Å². The second kappa shape index (κ2) is 13.8. The van der Waals surface area contributed by atoms with Gasteiger partial charge in [0.15, 0.2) is 0 Å². The molecule has 1 aromatic heterocycles. The third-order valence-electron chi connectivity index (χ3n) is 13.0. The molecule has 11 aromatic rings. The lowest BCUT2D eigenvalue weighted by Crippen LogP contribution is -2.36. The summed E-state index contributed by atoms with van der Waals surface area (Å²) in [5.41, 5.74) is 13.0. The van der Waals surface area contributed by atoms with Crippen LogP contribution in [0.25, 0.3) is 55.0 Å². The van der Waals surface area contributed by atoms with Gasteiger partial charge in [0.1, 0.15) is 34.2 Å². The Labute approximate surface area is 364 Å². The van der Waals surface area contributed by atoms with E-state index in [-0.39, 0.29) is 0 Å². The van der Waals surface area contributed by atoms with Crippen molar-refractivity contribution in [2.24, 2.45) is 0 Å². The van der Waals surface area contributed by atoms with Crippen LogP contribution in [0.2, 0.25) is 0 Å². The van der Waals surface area contributed by atoms with Gasteiger partial charge in [0, 0.05) is 55.9 Å². The van der Waals surface area contributed by atoms with Gasteiger partial charge in [-0.25, -0.2) is 0 Å². The maximum absolute atomic E-state index is 7.04. The molecule has 0 saturated heterocycles. The number of rotatable bonds is 5. The molecule has 0 radical (unpaired) electrons. The van der Waals surface area contributed by atoms with Crippen LogP contribution in [0, 0.1) is 0 Å². The van der Waals surface area contributed by atoms with Crippen molar-refractivity contribution in [2.75, 3.05) is 4.90 Å². The molecule has 13 rings (SSSR count). The van der Waals surface area contributed by atoms with Crippen molar-refractivity contribution in [3.8, 4) is 45.3 Å². The number of hydrogen-bond acceptors (Lipinski definition) is 4. The minimum atomic E-state index is -0.688. The summed E-state index contributed by atoms with van der Waals surface area (Å²) in [6.07, 6.45) is 0. The third-order valence-corrected chi connectivity index (χ3v) is 13.0. The normalized spacial score (nSPS) is 13.1. The molecule has 2 aliphatic rings. The first-order valence-electron chi connectivity index (χ1n) is 21.4. The van der Waals surface area contributed by atoms with Crippen LogP contribution in [0.15, 0.2) is 229 Å². The fourth-order valence-electron chi connectivity index (χ4n) is 10.3. The van der Waals surface area contributed by atoms with Crippen molar-refractivity contribution in [1.29, 1.82) is 0 Å². The zero-order valence-corrected chi connectivity index (χ0v) is 34.0. The van der Waals surface area contributed by atoms with Gasteiger partial charge in [-0.3, -0.25) is 0 Å². The Morgan fingerprint density at radius 1 is 0.365 bits per heavy atom. The summed E-state index contributed by atoms with van der Waals surface area (Å²) in [6, 6.07) is 79.4. The van der Waals surface area contributed by atoms with E-state index in [1.165, 1.54) is 16.7 Å². The van der Waals surface area contributed by atoms with Crippen LogP contribution < -0.4 is 14.4 Å². The van der Waals surface area contributed by atoms with Gasteiger partial charge in [-0.2, -0.15) is 0 Å². The fraction of sp³-hybridized carbons (Fsp3) is 0.0169. The Morgan fingerprint density at radius 2 is 0.921 bits per heavy atom. The lowest BCUT2D eigenvalue weighted by atomic mass is 9.62. The molecule has 4 nitrogen and oxygen atoms in total. The Hall–Kier alpha value is -8.34. The highest BCUT2D eigenvalue weighted by Crippen LogP contribution is 2.62. The molecule has 0 unspecified atom stereocenters. The van der Waals surface area contributed by atoms with E-state index in [2.05, 4.69) is 211 Å². The average molecular weight is 808 g/mol. The molecule has 10 aromatic carbocycles. The highest BCUT2D eigenvalue weighted by Gasteiger charge is 2.50. The molecule has 63 heavy (non-hydrogen) atoms. The summed E-state index contributed by atoms with van der Waals surface area (Å²) in [4.78, 5) is 2.35. The van der Waals surface area contributed by atoms with Crippen LogP contribution in [0.1, 0.15) is 22.3 Å². The van der Waals surface area contributed by atoms with Crippen LogP contribution in [-0.2, 0) is 5.41 Å².